The van der Waals surface area contributed by atoms with E-state index in [0.717, 1.165) is 24.3 Å². The summed E-state index contributed by atoms with van der Waals surface area (Å²) in [6.45, 7) is 1.48. The second-order valence-electron chi connectivity index (χ2n) is 6.67. The van der Waals surface area contributed by atoms with Gasteiger partial charge in [0.2, 0.25) is 0 Å². The minimum Gasteiger partial charge on any atom is -0.486 e. The molecule has 1 aliphatic heterocycles. The van der Waals surface area contributed by atoms with E-state index in [1.807, 2.05) is 42.5 Å². The number of ether oxygens (including phenoxy) is 2. The van der Waals surface area contributed by atoms with Gasteiger partial charge in [-0.05, 0) is 30.5 Å². The number of aromatic nitrogens is 3. The van der Waals surface area contributed by atoms with Crippen molar-refractivity contribution in [3.63, 3.8) is 0 Å². The molecule has 0 bridgehead atoms. The number of nitrogens with zero attached hydrogens (tertiary/aromatic N) is 3. The molecule has 0 radical (unpaired) electrons. The predicted molar refractivity (Wildman–Crippen MR) is 103 cm³/mol. The van der Waals surface area contributed by atoms with Gasteiger partial charge in [0.15, 0.2) is 23.3 Å². The number of amides is 1. The number of para-hydroxylation sites is 2. The fourth-order valence-electron chi connectivity index (χ4n) is 3.08. The Morgan fingerprint density at radius 2 is 1.89 bits per heavy atom. The summed E-state index contributed by atoms with van der Waals surface area (Å²) < 4.78 is 13.2. The number of aryl methyl sites for hydroxylation is 1. The van der Waals surface area contributed by atoms with E-state index in [-0.39, 0.29) is 12.0 Å². The maximum absolute atomic E-state index is 12.2. The first kappa shape index (κ1) is 18.0. The molecule has 1 atom stereocenters. The SMILES string of the molecule is O=C(NCCCc1ccccc1)c1cn(CC2COc3ccccc3O2)nn1. The Morgan fingerprint density at radius 3 is 2.75 bits per heavy atom. The van der Waals surface area contributed by atoms with Crippen LogP contribution in [0.1, 0.15) is 22.5 Å². The summed E-state index contributed by atoms with van der Waals surface area (Å²) in [5.74, 6) is 1.24. The van der Waals surface area contributed by atoms with Crippen LogP contribution in [0, 0.1) is 0 Å². The maximum Gasteiger partial charge on any atom is 0.273 e. The van der Waals surface area contributed by atoms with E-state index >= 15 is 0 Å². The molecule has 0 spiro atoms. The molecule has 0 fully saturated rings. The molecule has 144 valence electrons. The van der Waals surface area contributed by atoms with E-state index in [1.165, 1.54) is 5.56 Å². The predicted octanol–water partition coefficient (Wildman–Crippen LogP) is 2.48. The van der Waals surface area contributed by atoms with Crippen molar-refractivity contribution in [1.29, 1.82) is 0 Å². The summed E-state index contributed by atoms with van der Waals surface area (Å²) in [4.78, 5) is 12.2. The standard InChI is InChI=1S/C21H22N4O3/c26-21(22-12-6-9-16-7-2-1-3-8-16)18-14-25(24-23-18)13-17-15-27-19-10-4-5-11-20(19)28-17/h1-5,7-8,10-11,14,17H,6,9,12-13,15H2,(H,22,26). The molecule has 4 rings (SSSR count). The summed E-state index contributed by atoms with van der Waals surface area (Å²) in [5.41, 5.74) is 1.57. The van der Waals surface area contributed by atoms with Crippen LogP contribution >= 0.6 is 0 Å². The van der Waals surface area contributed by atoms with Crippen LogP contribution in [-0.2, 0) is 13.0 Å². The molecule has 7 heteroatoms. The van der Waals surface area contributed by atoms with Crippen LogP contribution in [0.5, 0.6) is 11.5 Å². The number of hydrogen-bond acceptors (Lipinski definition) is 5. The molecule has 0 saturated carbocycles. The quantitative estimate of drug-likeness (QED) is 0.639. The van der Waals surface area contributed by atoms with E-state index in [2.05, 4.69) is 27.8 Å². The molecule has 0 saturated heterocycles. The monoisotopic (exact) mass is 378 g/mol. The Kier molecular flexibility index (Phi) is 5.51. The Bertz CT molecular complexity index is 926. The first-order valence-electron chi connectivity index (χ1n) is 9.39. The van der Waals surface area contributed by atoms with Gasteiger partial charge in [-0.25, -0.2) is 4.68 Å². The maximum atomic E-state index is 12.2. The lowest BCUT2D eigenvalue weighted by Gasteiger charge is -2.26. The van der Waals surface area contributed by atoms with Crippen LogP contribution in [0.2, 0.25) is 0 Å². The molecule has 1 aromatic heterocycles. The van der Waals surface area contributed by atoms with Gasteiger partial charge in [0, 0.05) is 6.54 Å². The molecule has 2 heterocycles. The first-order chi connectivity index (χ1) is 13.8. The third kappa shape index (κ3) is 4.49. The van der Waals surface area contributed by atoms with E-state index in [9.17, 15) is 4.79 Å². The van der Waals surface area contributed by atoms with Crippen LogP contribution in [-0.4, -0.2) is 40.2 Å². The van der Waals surface area contributed by atoms with Crippen LogP contribution in [0.25, 0.3) is 0 Å². The van der Waals surface area contributed by atoms with Crippen molar-refractivity contribution in [2.24, 2.45) is 0 Å². The molecule has 7 nitrogen and oxygen atoms in total. The number of rotatable bonds is 7. The molecule has 0 aliphatic carbocycles. The fourth-order valence-corrected chi connectivity index (χ4v) is 3.08. The van der Waals surface area contributed by atoms with E-state index in [4.69, 9.17) is 9.47 Å². The number of benzene rings is 2. The number of carbonyl (C=O) groups is 1. The highest BCUT2D eigenvalue weighted by Crippen LogP contribution is 2.31. The normalized spacial score (nSPS) is 15.2. The minimum absolute atomic E-state index is 0.182. The lowest BCUT2D eigenvalue weighted by molar-refractivity contribution is 0.0754. The van der Waals surface area contributed by atoms with E-state index in [0.29, 0.717) is 25.4 Å². The summed E-state index contributed by atoms with van der Waals surface area (Å²) in [6.07, 6.45) is 3.25. The van der Waals surface area contributed by atoms with Crippen molar-refractivity contribution in [1.82, 2.24) is 20.3 Å². The molecule has 1 unspecified atom stereocenters. The average molecular weight is 378 g/mol. The number of fused-ring (bicyclic) bond motifs is 1. The second-order valence-corrected chi connectivity index (χ2v) is 6.67. The average Bonchev–Trinajstić information content (AvgIpc) is 3.20. The van der Waals surface area contributed by atoms with Crippen molar-refractivity contribution >= 4 is 5.91 Å². The van der Waals surface area contributed by atoms with Gasteiger partial charge < -0.3 is 14.8 Å². The van der Waals surface area contributed by atoms with Crippen molar-refractivity contribution in [3.05, 3.63) is 72.1 Å². The summed E-state index contributed by atoms with van der Waals surface area (Å²) in [7, 11) is 0. The number of nitrogens with one attached hydrogen (secondary N) is 1. The van der Waals surface area contributed by atoms with E-state index in [1.54, 1.807) is 10.9 Å². The van der Waals surface area contributed by atoms with Crippen LogP contribution in [0.4, 0.5) is 0 Å². The number of carbonyl (C=O) groups excluding carboxylic acids is 1. The molecular formula is C21H22N4O3. The summed E-state index contributed by atoms with van der Waals surface area (Å²) >= 11 is 0. The number of hydrogen-bond donors (Lipinski definition) is 1. The van der Waals surface area contributed by atoms with Gasteiger partial charge in [0.1, 0.15) is 6.61 Å². The highest BCUT2D eigenvalue weighted by atomic mass is 16.6. The third-order valence-electron chi connectivity index (χ3n) is 4.50. The Labute approximate surface area is 163 Å². The van der Waals surface area contributed by atoms with Crippen LogP contribution in [0.15, 0.2) is 60.8 Å². The zero-order chi connectivity index (χ0) is 19.2. The zero-order valence-electron chi connectivity index (χ0n) is 15.5. The highest BCUT2D eigenvalue weighted by Gasteiger charge is 2.22. The minimum atomic E-state index is -0.217. The second kappa shape index (κ2) is 8.56. The molecule has 1 amide bonds. The van der Waals surface area contributed by atoms with Crippen molar-refractivity contribution < 1.29 is 14.3 Å². The van der Waals surface area contributed by atoms with Gasteiger partial charge in [-0.2, -0.15) is 0 Å². The molecule has 1 N–H and O–H groups in total. The van der Waals surface area contributed by atoms with Crippen molar-refractivity contribution in [2.75, 3.05) is 13.2 Å². The fraction of sp³-hybridized carbons (Fsp3) is 0.286. The third-order valence-corrected chi connectivity index (χ3v) is 4.50. The van der Waals surface area contributed by atoms with E-state index < -0.39 is 0 Å². The van der Waals surface area contributed by atoms with Crippen LogP contribution < -0.4 is 14.8 Å². The van der Waals surface area contributed by atoms with Gasteiger partial charge in [-0.15, -0.1) is 5.10 Å². The van der Waals surface area contributed by atoms with Crippen LogP contribution in [0.3, 0.4) is 0 Å². The van der Waals surface area contributed by atoms with Gasteiger partial charge in [-0.1, -0.05) is 47.7 Å². The molecule has 28 heavy (non-hydrogen) atoms. The summed E-state index contributed by atoms with van der Waals surface area (Å²) in [5, 5.41) is 10.9. The lowest BCUT2D eigenvalue weighted by Crippen LogP contribution is -2.33. The highest BCUT2D eigenvalue weighted by molar-refractivity contribution is 5.91. The largest absolute Gasteiger partial charge is 0.486 e. The lowest BCUT2D eigenvalue weighted by atomic mass is 10.1. The van der Waals surface area contributed by atoms with Gasteiger partial charge in [0.25, 0.3) is 5.91 Å². The zero-order valence-corrected chi connectivity index (χ0v) is 15.5. The molecule has 2 aromatic carbocycles. The van der Waals surface area contributed by atoms with Gasteiger partial charge >= 0.3 is 0 Å². The van der Waals surface area contributed by atoms with Gasteiger partial charge in [-0.3, -0.25) is 4.79 Å². The van der Waals surface area contributed by atoms with Gasteiger partial charge in [0.05, 0.1) is 12.7 Å². The summed E-state index contributed by atoms with van der Waals surface area (Å²) in [6, 6.07) is 17.8. The van der Waals surface area contributed by atoms with Crippen molar-refractivity contribution in [2.45, 2.75) is 25.5 Å². The molecular weight excluding hydrogens is 356 g/mol. The first-order valence-corrected chi connectivity index (χ1v) is 9.39. The topological polar surface area (TPSA) is 78.3 Å². The molecule has 3 aromatic rings. The van der Waals surface area contributed by atoms with Crippen molar-refractivity contribution in [3.8, 4) is 11.5 Å². The molecule has 1 aliphatic rings. The Morgan fingerprint density at radius 1 is 1.11 bits per heavy atom. The smallest absolute Gasteiger partial charge is 0.273 e. The Hall–Kier alpha value is -3.35. The Balaban J connectivity index is 1.24.